The Balaban J connectivity index is 3.46. The van der Waals surface area contributed by atoms with Crippen LogP contribution in [0.4, 0.5) is 0 Å². The van der Waals surface area contributed by atoms with E-state index in [0.29, 0.717) is 0 Å². The maximum atomic E-state index is 5.70. The Kier molecular flexibility index (Phi) is 5.45. The van der Waals surface area contributed by atoms with Gasteiger partial charge < -0.3 is 5.73 Å². The van der Waals surface area contributed by atoms with E-state index in [4.69, 9.17) is 5.73 Å². The smallest absolute Gasteiger partial charge is 0.00868 e. The van der Waals surface area contributed by atoms with Gasteiger partial charge in [-0.2, -0.15) is 12.6 Å². The lowest BCUT2D eigenvalue weighted by atomic mass is 10.1. The van der Waals surface area contributed by atoms with Crippen molar-refractivity contribution in [3.8, 4) is 0 Å². The summed E-state index contributed by atoms with van der Waals surface area (Å²) in [4.78, 5) is 0. The van der Waals surface area contributed by atoms with Gasteiger partial charge in [-0.05, 0) is 18.6 Å². The molecule has 2 N–H and O–H groups in total. The van der Waals surface area contributed by atoms with Gasteiger partial charge in [0.05, 0.1) is 0 Å². The van der Waals surface area contributed by atoms with Crippen molar-refractivity contribution in [2.75, 3.05) is 5.75 Å². The van der Waals surface area contributed by atoms with Crippen molar-refractivity contribution < 1.29 is 0 Å². The monoisotopic (exact) mass is 157 g/mol. The predicted molar refractivity (Wildman–Crippen MR) is 50.4 cm³/mol. The molecule has 0 aliphatic heterocycles. The van der Waals surface area contributed by atoms with Gasteiger partial charge in [-0.1, -0.05) is 24.8 Å². The molecule has 0 heterocycles. The molecule has 0 bridgehead atoms. The minimum absolute atomic E-state index is 0.197. The molecule has 10 heavy (non-hydrogen) atoms. The Labute approximate surface area is 68.4 Å². The third-order valence-corrected chi connectivity index (χ3v) is 1.57. The van der Waals surface area contributed by atoms with Gasteiger partial charge in [-0.3, -0.25) is 0 Å². The SMILES string of the molecule is C=CC(=C)CC(N)CCS. The normalized spacial score (nSPS) is 12.6. The van der Waals surface area contributed by atoms with Crippen LogP contribution in [0.5, 0.6) is 0 Å². The van der Waals surface area contributed by atoms with Crippen LogP contribution in [-0.2, 0) is 0 Å². The molecule has 0 saturated heterocycles. The van der Waals surface area contributed by atoms with E-state index in [1.807, 2.05) is 0 Å². The summed E-state index contributed by atoms with van der Waals surface area (Å²) < 4.78 is 0. The fraction of sp³-hybridized carbons (Fsp3) is 0.500. The first kappa shape index (κ1) is 9.79. The zero-order chi connectivity index (χ0) is 7.98. The van der Waals surface area contributed by atoms with Crippen molar-refractivity contribution in [3.63, 3.8) is 0 Å². The van der Waals surface area contributed by atoms with Crippen molar-refractivity contribution in [1.29, 1.82) is 0 Å². The Morgan fingerprint density at radius 3 is 2.70 bits per heavy atom. The Morgan fingerprint density at radius 1 is 1.70 bits per heavy atom. The van der Waals surface area contributed by atoms with Crippen LogP contribution < -0.4 is 5.73 Å². The second-order valence-electron chi connectivity index (χ2n) is 2.34. The van der Waals surface area contributed by atoms with E-state index in [1.54, 1.807) is 6.08 Å². The summed E-state index contributed by atoms with van der Waals surface area (Å²) >= 11 is 4.08. The molecule has 0 saturated carbocycles. The molecule has 0 fully saturated rings. The third kappa shape index (κ3) is 4.65. The largest absolute Gasteiger partial charge is 0.327 e. The molecule has 0 aliphatic rings. The predicted octanol–water partition coefficient (Wildman–Crippen LogP) is 1.77. The standard InChI is InChI=1S/C8H15NS/c1-3-7(2)6-8(9)4-5-10/h3,8,10H,1-2,4-6,9H2. The molecule has 0 amide bonds. The van der Waals surface area contributed by atoms with E-state index in [1.165, 1.54) is 0 Å². The molecular formula is C8H15NS. The summed E-state index contributed by atoms with van der Waals surface area (Å²) in [7, 11) is 0. The fourth-order valence-corrected chi connectivity index (χ4v) is 1.02. The molecule has 1 atom stereocenters. The number of rotatable bonds is 5. The Bertz CT molecular complexity index is 120. The van der Waals surface area contributed by atoms with Crippen LogP contribution in [-0.4, -0.2) is 11.8 Å². The quantitative estimate of drug-likeness (QED) is 0.461. The lowest BCUT2D eigenvalue weighted by Crippen LogP contribution is -2.20. The minimum Gasteiger partial charge on any atom is -0.327 e. The number of thiol groups is 1. The molecule has 1 unspecified atom stereocenters. The highest BCUT2D eigenvalue weighted by Gasteiger charge is 2.00. The molecule has 0 rings (SSSR count). The zero-order valence-electron chi connectivity index (χ0n) is 6.21. The topological polar surface area (TPSA) is 26.0 Å². The van der Waals surface area contributed by atoms with Crippen molar-refractivity contribution in [2.24, 2.45) is 5.73 Å². The summed E-state index contributed by atoms with van der Waals surface area (Å²) in [6, 6.07) is 0.197. The molecule has 0 radical (unpaired) electrons. The van der Waals surface area contributed by atoms with Crippen LogP contribution in [0.2, 0.25) is 0 Å². The number of nitrogens with two attached hydrogens (primary N) is 1. The summed E-state index contributed by atoms with van der Waals surface area (Å²) in [5, 5.41) is 0. The highest BCUT2D eigenvalue weighted by atomic mass is 32.1. The lowest BCUT2D eigenvalue weighted by Gasteiger charge is -2.08. The maximum Gasteiger partial charge on any atom is 0.00868 e. The molecule has 0 aliphatic carbocycles. The maximum absolute atomic E-state index is 5.70. The first-order valence-electron chi connectivity index (χ1n) is 3.37. The Hall–Kier alpha value is -0.210. The molecule has 0 aromatic rings. The molecular weight excluding hydrogens is 142 g/mol. The lowest BCUT2D eigenvalue weighted by molar-refractivity contribution is 0.656. The summed E-state index contributed by atoms with van der Waals surface area (Å²) in [5.41, 5.74) is 6.71. The van der Waals surface area contributed by atoms with E-state index in [9.17, 15) is 0 Å². The van der Waals surface area contributed by atoms with Crippen molar-refractivity contribution in [3.05, 3.63) is 24.8 Å². The van der Waals surface area contributed by atoms with Gasteiger partial charge in [0.25, 0.3) is 0 Å². The van der Waals surface area contributed by atoms with Crippen LogP contribution in [0.1, 0.15) is 12.8 Å². The van der Waals surface area contributed by atoms with Crippen molar-refractivity contribution in [2.45, 2.75) is 18.9 Å². The Morgan fingerprint density at radius 2 is 2.30 bits per heavy atom. The van der Waals surface area contributed by atoms with E-state index in [2.05, 4.69) is 25.8 Å². The average Bonchev–Trinajstić information content (AvgIpc) is 1.88. The van der Waals surface area contributed by atoms with E-state index >= 15 is 0 Å². The summed E-state index contributed by atoms with van der Waals surface area (Å²) in [5.74, 6) is 0.839. The third-order valence-electron chi connectivity index (χ3n) is 1.31. The van der Waals surface area contributed by atoms with Gasteiger partial charge in [-0.15, -0.1) is 0 Å². The van der Waals surface area contributed by atoms with Crippen LogP contribution in [0.25, 0.3) is 0 Å². The van der Waals surface area contributed by atoms with E-state index < -0.39 is 0 Å². The molecule has 0 aromatic heterocycles. The summed E-state index contributed by atoms with van der Waals surface area (Å²) in [6.07, 6.45) is 3.53. The highest BCUT2D eigenvalue weighted by Crippen LogP contribution is 2.05. The van der Waals surface area contributed by atoms with Crippen molar-refractivity contribution in [1.82, 2.24) is 0 Å². The first-order valence-corrected chi connectivity index (χ1v) is 4.00. The van der Waals surface area contributed by atoms with Crippen LogP contribution in [0, 0.1) is 0 Å². The zero-order valence-corrected chi connectivity index (χ0v) is 7.11. The molecule has 2 heteroatoms. The number of hydrogen-bond donors (Lipinski definition) is 2. The number of hydrogen-bond acceptors (Lipinski definition) is 2. The van der Waals surface area contributed by atoms with Gasteiger partial charge in [0.15, 0.2) is 0 Å². The first-order chi connectivity index (χ1) is 4.70. The van der Waals surface area contributed by atoms with Crippen LogP contribution in [0.3, 0.4) is 0 Å². The molecule has 0 spiro atoms. The number of allylic oxidation sites excluding steroid dienone is 1. The van der Waals surface area contributed by atoms with Gasteiger partial charge in [0.1, 0.15) is 0 Å². The summed E-state index contributed by atoms with van der Waals surface area (Å²) in [6.45, 7) is 7.37. The van der Waals surface area contributed by atoms with Gasteiger partial charge >= 0.3 is 0 Å². The fourth-order valence-electron chi connectivity index (χ4n) is 0.688. The van der Waals surface area contributed by atoms with Crippen LogP contribution >= 0.6 is 12.6 Å². The van der Waals surface area contributed by atoms with E-state index in [0.717, 1.165) is 24.2 Å². The van der Waals surface area contributed by atoms with Gasteiger partial charge in [-0.25, -0.2) is 0 Å². The average molecular weight is 157 g/mol. The molecule has 58 valence electrons. The molecule has 1 nitrogen and oxygen atoms in total. The van der Waals surface area contributed by atoms with E-state index in [-0.39, 0.29) is 6.04 Å². The minimum atomic E-state index is 0.197. The molecule has 0 aromatic carbocycles. The van der Waals surface area contributed by atoms with Crippen molar-refractivity contribution >= 4 is 12.6 Å². The van der Waals surface area contributed by atoms with Gasteiger partial charge in [0, 0.05) is 6.04 Å². The van der Waals surface area contributed by atoms with Crippen LogP contribution in [0.15, 0.2) is 24.8 Å². The second kappa shape index (κ2) is 5.57. The highest BCUT2D eigenvalue weighted by molar-refractivity contribution is 7.80. The second-order valence-corrected chi connectivity index (χ2v) is 2.79. The van der Waals surface area contributed by atoms with Gasteiger partial charge in [0.2, 0.25) is 0 Å².